The van der Waals surface area contributed by atoms with Crippen molar-refractivity contribution in [1.29, 1.82) is 0 Å². The molecule has 3 rings (SSSR count). The van der Waals surface area contributed by atoms with Crippen LogP contribution in [0, 0.1) is 0 Å². The minimum Gasteiger partial charge on any atom is -0.464 e. The van der Waals surface area contributed by atoms with E-state index in [1.54, 1.807) is 24.3 Å². The fraction of sp³-hybridized carbons (Fsp3) is 0.381. The van der Waals surface area contributed by atoms with Crippen LogP contribution in [0.1, 0.15) is 32.8 Å². The van der Waals surface area contributed by atoms with E-state index in [4.69, 9.17) is 10.5 Å². The minimum atomic E-state index is -2.55. The molecule has 1 atom stereocenters. The van der Waals surface area contributed by atoms with Crippen molar-refractivity contribution in [3.05, 3.63) is 46.4 Å². The number of benzene rings is 1. The first kappa shape index (κ1) is 26.7. The molecule has 1 aromatic carbocycles. The van der Waals surface area contributed by atoms with Crippen LogP contribution in [0.2, 0.25) is 0 Å². The summed E-state index contributed by atoms with van der Waals surface area (Å²) in [6, 6.07) is 8.18. The van der Waals surface area contributed by atoms with E-state index in [2.05, 4.69) is 23.8 Å². The van der Waals surface area contributed by atoms with E-state index >= 15 is 0 Å². The number of esters is 1. The third kappa shape index (κ3) is 6.26. The first-order chi connectivity index (χ1) is 16.1. The van der Waals surface area contributed by atoms with Crippen molar-refractivity contribution in [3.8, 4) is 0 Å². The fourth-order valence-corrected chi connectivity index (χ4v) is 3.25. The second-order valence-electron chi connectivity index (χ2n) is 7.25. The van der Waals surface area contributed by atoms with E-state index in [-0.39, 0.29) is 36.7 Å². The number of aromatic nitrogens is 4. The maximum atomic E-state index is 13.2. The van der Waals surface area contributed by atoms with Gasteiger partial charge in [0.1, 0.15) is 12.1 Å². The number of hydrogen-bond donors (Lipinski definition) is 2. The van der Waals surface area contributed by atoms with Crippen molar-refractivity contribution in [3.63, 3.8) is 0 Å². The largest absolute Gasteiger partial charge is 0.464 e. The number of ether oxygens (including phenoxy) is 1. The zero-order valence-corrected chi connectivity index (χ0v) is 20.2. The minimum absolute atomic E-state index is 0.0235. The highest BCUT2D eigenvalue weighted by Gasteiger charge is 2.26. The molecule has 2 heterocycles. The molecule has 1 amide bonds. The Kier molecular flexibility index (Phi) is 9.45. The van der Waals surface area contributed by atoms with Crippen LogP contribution in [-0.2, 0) is 27.2 Å². The van der Waals surface area contributed by atoms with Crippen LogP contribution in [0.15, 0.2) is 40.3 Å². The van der Waals surface area contributed by atoms with Gasteiger partial charge in [0.15, 0.2) is 11.5 Å². The Bertz CT molecular complexity index is 1240. The SMILES string of the molecule is CC(=O)OCCN(C)C(=O)n1c(=O)n(Cc2ccccc2)c2nc(S(=O)O)nc(N)c21.CCC. The summed E-state index contributed by atoms with van der Waals surface area (Å²) < 4.78 is 27.7. The van der Waals surface area contributed by atoms with Crippen LogP contribution in [0.5, 0.6) is 0 Å². The molecule has 0 aliphatic heterocycles. The highest BCUT2D eigenvalue weighted by Crippen LogP contribution is 2.20. The Morgan fingerprint density at radius 1 is 1.21 bits per heavy atom. The van der Waals surface area contributed by atoms with Gasteiger partial charge in [-0.15, -0.1) is 0 Å². The lowest BCUT2D eigenvalue weighted by Crippen LogP contribution is -2.40. The molecule has 0 spiro atoms. The quantitative estimate of drug-likeness (QED) is 0.296. The van der Waals surface area contributed by atoms with Crippen LogP contribution in [-0.4, -0.2) is 65.0 Å². The Hall–Kier alpha value is -3.58. The molecule has 0 aliphatic carbocycles. The van der Waals surface area contributed by atoms with Crippen LogP contribution in [0.3, 0.4) is 0 Å². The first-order valence-corrected chi connectivity index (χ1v) is 11.5. The number of fused-ring (bicyclic) bond motifs is 1. The molecule has 3 aromatic rings. The fourth-order valence-electron chi connectivity index (χ4n) is 2.91. The highest BCUT2D eigenvalue weighted by atomic mass is 32.2. The monoisotopic (exact) mass is 492 g/mol. The summed E-state index contributed by atoms with van der Waals surface area (Å²) in [5.74, 6) is -0.798. The molecule has 0 saturated heterocycles. The average molecular weight is 493 g/mol. The number of likely N-dealkylation sites (N-methyl/N-ethyl adjacent to an activating group) is 1. The third-order valence-corrected chi connectivity index (χ3v) is 4.86. The van der Waals surface area contributed by atoms with Gasteiger partial charge in [-0.05, 0) is 5.56 Å². The van der Waals surface area contributed by atoms with Crippen molar-refractivity contribution in [1.82, 2.24) is 24.0 Å². The lowest BCUT2D eigenvalue weighted by atomic mass is 10.2. The second kappa shape index (κ2) is 12.0. The van der Waals surface area contributed by atoms with Crippen molar-refractivity contribution in [2.45, 2.75) is 38.9 Å². The van der Waals surface area contributed by atoms with Crippen molar-refractivity contribution < 1.29 is 23.1 Å². The number of nitrogen functional groups attached to an aromatic ring is 1. The van der Waals surface area contributed by atoms with E-state index in [0.29, 0.717) is 0 Å². The summed E-state index contributed by atoms with van der Waals surface area (Å²) in [5.41, 5.74) is 5.79. The highest BCUT2D eigenvalue weighted by molar-refractivity contribution is 7.79. The number of anilines is 1. The molecule has 0 fully saturated rings. The maximum Gasteiger partial charge on any atom is 0.339 e. The first-order valence-electron chi connectivity index (χ1n) is 10.4. The molecule has 0 radical (unpaired) electrons. The average Bonchev–Trinajstić information content (AvgIpc) is 3.06. The third-order valence-electron chi connectivity index (χ3n) is 4.36. The van der Waals surface area contributed by atoms with Gasteiger partial charge in [0.05, 0.1) is 13.1 Å². The number of carbonyl (C=O) groups excluding carboxylic acids is 2. The molecule has 12 nitrogen and oxygen atoms in total. The zero-order chi connectivity index (χ0) is 25.4. The van der Waals surface area contributed by atoms with Gasteiger partial charge in [0, 0.05) is 14.0 Å². The summed E-state index contributed by atoms with van der Waals surface area (Å²) in [4.78, 5) is 46.1. The van der Waals surface area contributed by atoms with E-state index in [1.807, 2.05) is 6.07 Å². The molecule has 2 aromatic heterocycles. The van der Waals surface area contributed by atoms with Crippen LogP contribution in [0.25, 0.3) is 11.2 Å². The molecule has 1 unspecified atom stereocenters. The molecule has 34 heavy (non-hydrogen) atoms. The van der Waals surface area contributed by atoms with E-state index < -0.39 is 33.9 Å². The number of nitrogens with zero attached hydrogens (tertiary/aromatic N) is 5. The zero-order valence-electron chi connectivity index (χ0n) is 19.4. The van der Waals surface area contributed by atoms with Gasteiger partial charge in [-0.1, -0.05) is 50.6 Å². The van der Waals surface area contributed by atoms with E-state index in [9.17, 15) is 23.1 Å². The van der Waals surface area contributed by atoms with Gasteiger partial charge in [-0.2, -0.15) is 9.97 Å². The number of carbonyl (C=O) groups is 2. The lowest BCUT2D eigenvalue weighted by Gasteiger charge is -2.17. The van der Waals surface area contributed by atoms with Gasteiger partial charge >= 0.3 is 17.7 Å². The Morgan fingerprint density at radius 2 is 1.82 bits per heavy atom. The summed E-state index contributed by atoms with van der Waals surface area (Å²) in [6.07, 6.45) is 1.25. The van der Waals surface area contributed by atoms with Gasteiger partial charge in [0.2, 0.25) is 11.1 Å². The normalized spacial score (nSPS) is 11.4. The van der Waals surface area contributed by atoms with Gasteiger partial charge in [0.25, 0.3) is 5.16 Å². The summed E-state index contributed by atoms with van der Waals surface area (Å²) in [7, 11) is 1.42. The lowest BCUT2D eigenvalue weighted by molar-refractivity contribution is -0.141. The molecule has 0 bridgehead atoms. The van der Waals surface area contributed by atoms with Gasteiger partial charge < -0.3 is 15.4 Å². The molecule has 13 heteroatoms. The smallest absolute Gasteiger partial charge is 0.339 e. The summed E-state index contributed by atoms with van der Waals surface area (Å²) in [5, 5.41) is -0.486. The Balaban J connectivity index is 0.00000129. The number of nitrogens with two attached hydrogens (primary N) is 1. The second-order valence-corrected chi connectivity index (χ2v) is 8.12. The molecule has 0 saturated carbocycles. The van der Waals surface area contributed by atoms with Gasteiger partial charge in [-0.3, -0.25) is 13.9 Å². The van der Waals surface area contributed by atoms with E-state index in [1.165, 1.54) is 29.9 Å². The van der Waals surface area contributed by atoms with Gasteiger partial charge in [-0.25, -0.2) is 18.4 Å². The molecular formula is C21H28N6O6S. The van der Waals surface area contributed by atoms with Crippen LogP contribution in [0.4, 0.5) is 10.6 Å². The maximum absolute atomic E-state index is 13.2. The van der Waals surface area contributed by atoms with Crippen molar-refractivity contribution >= 4 is 40.1 Å². The predicted octanol–water partition coefficient (Wildman–Crippen LogP) is 1.68. The molecule has 184 valence electrons. The Labute approximate surface area is 198 Å². The topological polar surface area (TPSA) is 163 Å². The molecular weight excluding hydrogens is 464 g/mol. The number of hydrogen-bond acceptors (Lipinski definition) is 8. The van der Waals surface area contributed by atoms with Crippen molar-refractivity contribution in [2.75, 3.05) is 25.9 Å². The Morgan fingerprint density at radius 3 is 2.38 bits per heavy atom. The molecule has 3 N–H and O–H groups in total. The van der Waals surface area contributed by atoms with Crippen molar-refractivity contribution in [2.24, 2.45) is 0 Å². The number of imidazole rings is 1. The van der Waals surface area contributed by atoms with E-state index in [0.717, 1.165) is 10.1 Å². The molecule has 0 aliphatic rings. The summed E-state index contributed by atoms with van der Waals surface area (Å²) >= 11 is -2.55. The summed E-state index contributed by atoms with van der Waals surface area (Å²) in [6.45, 7) is 5.50. The number of amides is 1. The van der Waals surface area contributed by atoms with Crippen LogP contribution < -0.4 is 11.4 Å². The predicted molar refractivity (Wildman–Crippen MR) is 127 cm³/mol. The van der Waals surface area contributed by atoms with Crippen LogP contribution >= 0.6 is 0 Å². The standard InChI is InChI=1S/C18H20N6O6S.C3H8/c1-11(25)30-9-8-22(2)17(26)24-13-14(19)20-16(31(28)29)21-15(13)23(18(24)27)10-12-6-4-3-5-7-12;1-3-2/h3-7H,8-10H2,1-2H3,(H,28,29)(H2,19,20,21);3H2,1-2H3. The number of rotatable bonds is 6.